The number of fused-ring (bicyclic) bond motifs is 1. The maximum absolute atomic E-state index is 13.4. The van der Waals surface area contributed by atoms with E-state index in [1.807, 2.05) is 13.8 Å². The predicted molar refractivity (Wildman–Crippen MR) is 134 cm³/mol. The first kappa shape index (κ1) is 27.1. The van der Waals surface area contributed by atoms with E-state index in [1.54, 1.807) is 66.7 Å². The predicted octanol–water partition coefficient (Wildman–Crippen LogP) is 2.31. The number of nitrogens with zero attached hydrogens (tertiary/aromatic N) is 3. The number of benzene rings is 1. The van der Waals surface area contributed by atoms with Gasteiger partial charge < -0.3 is 29.3 Å². The summed E-state index contributed by atoms with van der Waals surface area (Å²) in [6.07, 6.45) is 2.87. The van der Waals surface area contributed by atoms with Crippen LogP contribution in [0.3, 0.4) is 0 Å². The minimum absolute atomic E-state index is 0.0722. The number of carbonyl (C=O) groups excluding carboxylic acids is 3. The van der Waals surface area contributed by atoms with Crippen LogP contribution in [0, 0.1) is 5.92 Å². The molecule has 0 spiro atoms. The van der Waals surface area contributed by atoms with E-state index in [2.05, 4.69) is 10.3 Å². The van der Waals surface area contributed by atoms with E-state index in [-0.39, 0.29) is 49.0 Å². The molecule has 10 nitrogen and oxygen atoms in total. The number of aromatic nitrogens is 1. The summed E-state index contributed by atoms with van der Waals surface area (Å²) in [5, 5.41) is 2.72. The van der Waals surface area contributed by atoms with Crippen molar-refractivity contribution in [1.82, 2.24) is 14.8 Å². The number of hydrogen-bond acceptors (Lipinski definition) is 7. The molecule has 1 aliphatic heterocycles. The number of amides is 3. The Labute approximate surface area is 211 Å². The van der Waals surface area contributed by atoms with Crippen molar-refractivity contribution in [2.45, 2.75) is 26.0 Å². The lowest BCUT2D eigenvalue weighted by Crippen LogP contribution is -2.48. The molecular weight excluding hydrogens is 464 g/mol. The topological polar surface area (TPSA) is 110 Å². The molecule has 0 unspecified atom stereocenters. The number of likely N-dealkylation sites (N-methyl/N-ethyl adjacent to an activating group) is 1. The quantitative estimate of drug-likeness (QED) is 0.674. The van der Waals surface area contributed by atoms with E-state index < -0.39 is 0 Å². The number of nitrogens with one attached hydrogen (secondary N) is 1. The van der Waals surface area contributed by atoms with Gasteiger partial charge in [-0.2, -0.15) is 0 Å². The fraction of sp³-hybridized carbons (Fsp3) is 0.462. The fourth-order valence-electron chi connectivity index (χ4n) is 4.13. The molecule has 10 heteroatoms. The monoisotopic (exact) mass is 498 g/mol. The van der Waals surface area contributed by atoms with Crippen molar-refractivity contribution in [2.24, 2.45) is 5.92 Å². The van der Waals surface area contributed by atoms with Gasteiger partial charge in [0.2, 0.25) is 5.91 Å². The first-order chi connectivity index (χ1) is 17.2. The lowest BCUT2D eigenvalue weighted by Gasteiger charge is -2.36. The molecule has 0 radical (unpaired) electrons. The summed E-state index contributed by atoms with van der Waals surface area (Å²) >= 11 is 0. The Hall–Kier alpha value is -3.50. The normalized spacial score (nSPS) is 21.0. The highest BCUT2D eigenvalue weighted by Crippen LogP contribution is 2.27. The highest BCUT2D eigenvalue weighted by Gasteiger charge is 2.31. The van der Waals surface area contributed by atoms with Crippen LogP contribution in [0.4, 0.5) is 5.69 Å². The molecule has 194 valence electrons. The molecule has 1 N–H and O–H groups in total. The SMILES string of the molecule is COCC(=O)Nc1ccc2c(c1)C(=O)N(C)C[C@H](OC)[C@@H](C)CN(C(=O)c1ccncc1)[C@H](C)CO2. The lowest BCUT2D eigenvalue weighted by atomic mass is 10.0. The highest BCUT2D eigenvalue weighted by molar-refractivity contribution is 5.99. The van der Waals surface area contributed by atoms with Gasteiger partial charge in [0.05, 0.1) is 17.7 Å². The number of ether oxygens (including phenoxy) is 3. The molecule has 0 saturated carbocycles. The van der Waals surface area contributed by atoms with E-state index in [1.165, 1.54) is 7.11 Å². The van der Waals surface area contributed by atoms with Crippen LogP contribution in [0.15, 0.2) is 42.7 Å². The Bertz CT molecular complexity index is 1060. The molecule has 1 aromatic heterocycles. The summed E-state index contributed by atoms with van der Waals surface area (Å²) < 4.78 is 16.7. The van der Waals surface area contributed by atoms with Crippen molar-refractivity contribution in [2.75, 3.05) is 52.9 Å². The maximum Gasteiger partial charge on any atom is 0.257 e. The van der Waals surface area contributed by atoms with Gasteiger partial charge in [0.15, 0.2) is 0 Å². The van der Waals surface area contributed by atoms with Crippen molar-refractivity contribution in [1.29, 1.82) is 0 Å². The number of methoxy groups -OCH3 is 2. The molecular formula is C26H34N4O6. The smallest absolute Gasteiger partial charge is 0.257 e. The van der Waals surface area contributed by atoms with Crippen molar-refractivity contribution >= 4 is 23.4 Å². The first-order valence-electron chi connectivity index (χ1n) is 11.8. The summed E-state index contributed by atoms with van der Waals surface area (Å²) in [5.74, 6) is -0.438. The minimum atomic E-state index is -0.334. The summed E-state index contributed by atoms with van der Waals surface area (Å²) in [6.45, 7) is 4.70. The van der Waals surface area contributed by atoms with Gasteiger partial charge in [-0.3, -0.25) is 19.4 Å². The Kier molecular flexibility index (Phi) is 9.38. The van der Waals surface area contributed by atoms with Gasteiger partial charge in [-0.25, -0.2) is 0 Å². The van der Waals surface area contributed by atoms with E-state index in [0.29, 0.717) is 35.7 Å². The molecule has 36 heavy (non-hydrogen) atoms. The molecule has 2 heterocycles. The largest absolute Gasteiger partial charge is 0.491 e. The van der Waals surface area contributed by atoms with E-state index in [4.69, 9.17) is 14.2 Å². The molecule has 3 rings (SSSR count). The van der Waals surface area contributed by atoms with E-state index >= 15 is 0 Å². The molecule has 0 bridgehead atoms. The lowest BCUT2D eigenvalue weighted by molar-refractivity contribution is -0.119. The van der Waals surface area contributed by atoms with Crippen molar-refractivity contribution < 1.29 is 28.6 Å². The second-order valence-corrected chi connectivity index (χ2v) is 8.98. The van der Waals surface area contributed by atoms with Crippen LogP contribution in [0.5, 0.6) is 5.75 Å². The summed E-state index contributed by atoms with van der Waals surface area (Å²) in [6, 6.07) is 7.97. The Morgan fingerprint density at radius 3 is 2.53 bits per heavy atom. The van der Waals surface area contributed by atoms with E-state index in [0.717, 1.165) is 0 Å². The Morgan fingerprint density at radius 1 is 1.14 bits per heavy atom. The number of carbonyl (C=O) groups is 3. The highest BCUT2D eigenvalue weighted by atomic mass is 16.5. The summed E-state index contributed by atoms with van der Waals surface area (Å²) in [7, 11) is 4.72. The van der Waals surface area contributed by atoms with Crippen LogP contribution in [0.2, 0.25) is 0 Å². The minimum Gasteiger partial charge on any atom is -0.491 e. The van der Waals surface area contributed by atoms with Crippen molar-refractivity contribution in [3.8, 4) is 5.75 Å². The third-order valence-corrected chi connectivity index (χ3v) is 6.19. The maximum atomic E-state index is 13.4. The molecule has 1 aliphatic rings. The van der Waals surface area contributed by atoms with Crippen LogP contribution < -0.4 is 10.1 Å². The second-order valence-electron chi connectivity index (χ2n) is 8.98. The second kappa shape index (κ2) is 12.5. The third kappa shape index (κ3) is 6.58. The average Bonchev–Trinajstić information content (AvgIpc) is 2.88. The molecule has 3 amide bonds. The van der Waals surface area contributed by atoms with Gasteiger partial charge in [0, 0.05) is 63.9 Å². The molecule has 3 atom stereocenters. The first-order valence-corrected chi connectivity index (χ1v) is 11.8. The zero-order chi connectivity index (χ0) is 26.2. The summed E-state index contributed by atoms with van der Waals surface area (Å²) in [5.41, 5.74) is 1.29. The Balaban J connectivity index is 1.96. The Morgan fingerprint density at radius 2 is 1.86 bits per heavy atom. The zero-order valence-corrected chi connectivity index (χ0v) is 21.4. The summed E-state index contributed by atoms with van der Waals surface area (Å²) in [4.78, 5) is 46.2. The molecule has 0 aliphatic carbocycles. The van der Waals surface area contributed by atoms with Gasteiger partial charge in [-0.05, 0) is 37.3 Å². The molecule has 0 fully saturated rings. The van der Waals surface area contributed by atoms with Crippen molar-refractivity contribution in [3.05, 3.63) is 53.9 Å². The van der Waals surface area contributed by atoms with Gasteiger partial charge in [0.25, 0.3) is 11.8 Å². The van der Waals surface area contributed by atoms with Crippen LogP contribution >= 0.6 is 0 Å². The fourth-order valence-corrected chi connectivity index (χ4v) is 4.13. The van der Waals surface area contributed by atoms with Gasteiger partial charge in [-0.1, -0.05) is 6.92 Å². The standard InChI is InChI=1S/C26H34N4O6/c1-17-13-30(25(32)19-8-10-27-11-9-19)18(2)15-36-22-7-6-20(28-24(31)16-34-4)12-21(22)26(33)29(3)14-23(17)35-5/h6-12,17-18,23H,13-16H2,1-5H3,(H,28,31)/t17-,18+,23-/m0/s1. The van der Waals surface area contributed by atoms with Crippen LogP contribution in [0.25, 0.3) is 0 Å². The van der Waals surface area contributed by atoms with Gasteiger partial charge in [0.1, 0.15) is 19.0 Å². The van der Waals surface area contributed by atoms with Gasteiger partial charge in [-0.15, -0.1) is 0 Å². The number of hydrogen-bond donors (Lipinski definition) is 1. The number of rotatable bonds is 5. The van der Waals surface area contributed by atoms with Crippen LogP contribution in [-0.2, 0) is 14.3 Å². The van der Waals surface area contributed by atoms with Crippen LogP contribution in [-0.4, -0.2) is 92.2 Å². The van der Waals surface area contributed by atoms with Crippen LogP contribution in [0.1, 0.15) is 34.6 Å². The van der Waals surface area contributed by atoms with Gasteiger partial charge >= 0.3 is 0 Å². The average molecular weight is 499 g/mol. The van der Waals surface area contributed by atoms with Crippen molar-refractivity contribution in [3.63, 3.8) is 0 Å². The molecule has 0 saturated heterocycles. The third-order valence-electron chi connectivity index (χ3n) is 6.19. The number of anilines is 1. The zero-order valence-electron chi connectivity index (χ0n) is 21.4. The molecule has 1 aromatic carbocycles. The van der Waals surface area contributed by atoms with E-state index in [9.17, 15) is 14.4 Å². The molecule has 2 aromatic rings. The number of pyridine rings is 1.